The van der Waals surface area contributed by atoms with Crippen LogP contribution in [-0.4, -0.2) is 23.6 Å². The minimum absolute atomic E-state index is 0.0251. The van der Waals surface area contributed by atoms with Crippen molar-refractivity contribution < 1.29 is 9.53 Å². The van der Waals surface area contributed by atoms with E-state index in [1.54, 1.807) is 5.57 Å². The normalized spacial score (nSPS) is 21.2. The van der Waals surface area contributed by atoms with Gasteiger partial charge >= 0.3 is 5.97 Å². The summed E-state index contributed by atoms with van der Waals surface area (Å²) in [7, 11) is 0. The monoisotopic (exact) mass is 354 g/mol. The number of carbonyl (C=O) groups is 1. The maximum absolute atomic E-state index is 11.8. The molecule has 0 aromatic heterocycles. The third kappa shape index (κ3) is 9.15. The maximum atomic E-state index is 11.8. The van der Waals surface area contributed by atoms with Crippen molar-refractivity contribution >= 4 is 17.7 Å². The second-order valence-corrected chi connectivity index (χ2v) is 9.25. The molecule has 0 amide bonds. The van der Waals surface area contributed by atoms with E-state index in [1.807, 2.05) is 11.8 Å². The van der Waals surface area contributed by atoms with Gasteiger partial charge in [-0.1, -0.05) is 65.5 Å². The van der Waals surface area contributed by atoms with Crippen molar-refractivity contribution in [2.45, 2.75) is 84.8 Å². The lowest BCUT2D eigenvalue weighted by atomic mass is 9.86. The lowest BCUT2D eigenvalue weighted by molar-refractivity contribution is -0.143. The standard InChI is InChI=1S/C21H38O2S/c1-16(2)9-7-6-8-13-23-21(22)12-14-24-20-15-19(17(3)4)11-10-18(20)5/h15-18,20H,6-14H2,1-5H3. The van der Waals surface area contributed by atoms with Crippen molar-refractivity contribution in [3.8, 4) is 0 Å². The average molecular weight is 355 g/mol. The lowest BCUT2D eigenvalue weighted by Gasteiger charge is -2.28. The second-order valence-electron chi connectivity index (χ2n) is 7.96. The number of esters is 1. The number of rotatable bonds is 11. The Morgan fingerprint density at radius 3 is 2.67 bits per heavy atom. The van der Waals surface area contributed by atoms with Gasteiger partial charge in [0, 0.05) is 11.0 Å². The molecule has 0 aromatic rings. The molecule has 0 aromatic carbocycles. The molecule has 0 spiro atoms. The Kier molecular flexibility index (Phi) is 10.8. The molecule has 1 aliphatic carbocycles. The van der Waals surface area contributed by atoms with Gasteiger partial charge in [-0.3, -0.25) is 4.79 Å². The quantitative estimate of drug-likeness (QED) is 0.249. The van der Waals surface area contributed by atoms with Gasteiger partial charge in [0.1, 0.15) is 0 Å². The first-order valence-corrected chi connectivity index (χ1v) is 10.9. The molecular weight excluding hydrogens is 316 g/mol. The van der Waals surface area contributed by atoms with Crippen LogP contribution in [0, 0.1) is 17.8 Å². The molecule has 140 valence electrons. The molecule has 0 radical (unpaired) electrons. The summed E-state index contributed by atoms with van der Waals surface area (Å²) in [6, 6.07) is 0. The number of allylic oxidation sites excluding steroid dienone is 1. The lowest BCUT2D eigenvalue weighted by Crippen LogP contribution is -2.20. The number of ether oxygens (including phenoxy) is 1. The van der Waals surface area contributed by atoms with Crippen LogP contribution in [0.25, 0.3) is 0 Å². The van der Waals surface area contributed by atoms with Gasteiger partial charge in [0.05, 0.1) is 13.0 Å². The molecule has 2 unspecified atom stereocenters. The summed E-state index contributed by atoms with van der Waals surface area (Å²) in [6.45, 7) is 12.0. The van der Waals surface area contributed by atoms with Crippen molar-refractivity contribution in [2.24, 2.45) is 17.8 Å². The molecule has 0 saturated heterocycles. The van der Waals surface area contributed by atoms with Crippen LogP contribution in [0.4, 0.5) is 0 Å². The summed E-state index contributed by atoms with van der Waals surface area (Å²) in [5.41, 5.74) is 1.59. The topological polar surface area (TPSA) is 26.3 Å². The van der Waals surface area contributed by atoms with Crippen LogP contribution < -0.4 is 0 Å². The molecule has 0 heterocycles. The van der Waals surface area contributed by atoms with Crippen LogP contribution in [-0.2, 0) is 9.53 Å². The molecular formula is C21H38O2S. The van der Waals surface area contributed by atoms with Crippen molar-refractivity contribution in [3.63, 3.8) is 0 Å². The zero-order valence-corrected chi connectivity index (χ0v) is 17.3. The number of unbranched alkanes of at least 4 members (excludes halogenated alkanes) is 2. The summed E-state index contributed by atoms with van der Waals surface area (Å²) in [4.78, 5) is 11.8. The van der Waals surface area contributed by atoms with Crippen molar-refractivity contribution in [1.29, 1.82) is 0 Å². The third-order valence-corrected chi connectivity index (χ3v) is 6.30. The summed E-state index contributed by atoms with van der Waals surface area (Å²) in [5.74, 6) is 3.00. The Bertz CT molecular complexity index is 387. The van der Waals surface area contributed by atoms with E-state index < -0.39 is 0 Å². The van der Waals surface area contributed by atoms with Crippen LogP contribution in [0.3, 0.4) is 0 Å². The summed E-state index contributed by atoms with van der Waals surface area (Å²) >= 11 is 1.93. The summed E-state index contributed by atoms with van der Waals surface area (Å²) in [5, 5.41) is 0.569. The Hall–Kier alpha value is -0.440. The van der Waals surface area contributed by atoms with E-state index in [0.29, 0.717) is 24.2 Å². The molecule has 2 nitrogen and oxygen atoms in total. The Balaban J connectivity index is 2.13. The van der Waals surface area contributed by atoms with E-state index in [1.165, 1.54) is 32.1 Å². The van der Waals surface area contributed by atoms with Gasteiger partial charge in [-0.2, -0.15) is 11.8 Å². The van der Waals surface area contributed by atoms with Crippen molar-refractivity contribution in [3.05, 3.63) is 11.6 Å². The van der Waals surface area contributed by atoms with E-state index in [0.717, 1.165) is 24.0 Å². The number of thioether (sulfide) groups is 1. The maximum Gasteiger partial charge on any atom is 0.306 e. The van der Waals surface area contributed by atoms with Crippen LogP contribution in [0.5, 0.6) is 0 Å². The first-order valence-electron chi connectivity index (χ1n) is 9.88. The van der Waals surface area contributed by atoms with Gasteiger partial charge in [-0.05, 0) is 37.0 Å². The van der Waals surface area contributed by atoms with E-state index in [2.05, 4.69) is 40.7 Å². The first-order chi connectivity index (χ1) is 11.4. The van der Waals surface area contributed by atoms with Crippen LogP contribution in [0.15, 0.2) is 11.6 Å². The molecule has 0 saturated carbocycles. The van der Waals surface area contributed by atoms with Crippen molar-refractivity contribution in [2.75, 3.05) is 12.4 Å². The number of carbonyl (C=O) groups excluding carboxylic acids is 1. The van der Waals surface area contributed by atoms with E-state index in [-0.39, 0.29) is 5.97 Å². The SMILES string of the molecule is CC(C)CCCCCOC(=O)CCSC1C=C(C(C)C)CCC1C. The van der Waals surface area contributed by atoms with Gasteiger partial charge < -0.3 is 4.74 Å². The number of hydrogen-bond acceptors (Lipinski definition) is 3. The molecule has 2 atom stereocenters. The van der Waals surface area contributed by atoms with E-state index >= 15 is 0 Å². The molecule has 1 rings (SSSR count). The molecule has 1 aliphatic rings. The highest BCUT2D eigenvalue weighted by Crippen LogP contribution is 2.34. The van der Waals surface area contributed by atoms with Gasteiger partial charge in [0.25, 0.3) is 0 Å². The molecule has 0 aliphatic heterocycles. The van der Waals surface area contributed by atoms with E-state index in [4.69, 9.17) is 4.74 Å². The van der Waals surface area contributed by atoms with Gasteiger partial charge in [-0.15, -0.1) is 0 Å². The predicted octanol–water partition coefficient (Wildman–Crippen LogP) is 6.25. The number of hydrogen-bond donors (Lipinski definition) is 0. The molecule has 0 bridgehead atoms. The minimum atomic E-state index is -0.0251. The predicted molar refractivity (Wildman–Crippen MR) is 106 cm³/mol. The van der Waals surface area contributed by atoms with Gasteiger partial charge in [0.2, 0.25) is 0 Å². The molecule has 0 N–H and O–H groups in total. The Morgan fingerprint density at radius 1 is 1.25 bits per heavy atom. The fraction of sp³-hybridized carbons (Fsp3) is 0.857. The Labute approximate surface area is 154 Å². The molecule has 24 heavy (non-hydrogen) atoms. The zero-order valence-electron chi connectivity index (χ0n) is 16.5. The van der Waals surface area contributed by atoms with Crippen LogP contribution >= 0.6 is 11.8 Å². The fourth-order valence-electron chi connectivity index (χ4n) is 3.08. The largest absolute Gasteiger partial charge is 0.466 e. The summed E-state index contributed by atoms with van der Waals surface area (Å²) in [6.07, 6.45) is 10.2. The van der Waals surface area contributed by atoms with E-state index in [9.17, 15) is 4.79 Å². The molecule has 0 fully saturated rings. The highest BCUT2D eigenvalue weighted by atomic mass is 32.2. The third-order valence-electron chi connectivity index (χ3n) is 4.87. The summed E-state index contributed by atoms with van der Waals surface area (Å²) < 4.78 is 5.36. The first kappa shape index (κ1) is 21.6. The minimum Gasteiger partial charge on any atom is -0.466 e. The Morgan fingerprint density at radius 2 is 2.00 bits per heavy atom. The van der Waals surface area contributed by atoms with Gasteiger partial charge in [-0.25, -0.2) is 0 Å². The van der Waals surface area contributed by atoms with Crippen molar-refractivity contribution in [1.82, 2.24) is 0 Å². The van der Waals surface area contributed by atoms with Crippen LogP contribution in [0.2, 0.25) is 0 Å². The second kappa shape index (κ2) is 12.0. The smallest absolute Gasteiger partial charge is 0.306 e. The average Bonchev–Trinajstić information content (AvgIpc) is 2.52. The zero-order chi connectivity index (χ0) is 17.9. The molecule has 3 heteroatoms. The van der Waals surface area contributed by atoms with Gasteiger partial charge in [0.15, 0.2) is 0 Å². The fourth-order valence-corrected chi connectivity index (χ4v) is 4.37. The highest BCUT2D eigenvalue weighted by Gasteiger charge is 2.22. The highest BCUT2D eigenvalue weighted by molar-refractivity contribution is 8.00. The van der Waals surface area contributed by atoms with Crippen LogP contribution in [0.1, 0.15) is 79.6 Å².